The van der Waals surface area contributed by atoms with Crippen molar-refractivity contribution < 1.29 is 0 Å². The van der Waals surface area contributed by atoms with Gasteiger partial charge in [-0.3, -0.25) is 0 Å². The third-order valence-electron chi connectivity index (χ3n) is 2.73. The van der Waals surface area contributed by atoms with Gasteiger partial charge in [-0.05, 0) is 59.3 Å². The van der Waals surface area contributed by atoms with Crippen LogP contribution in [0.15, 0.2) is 35.5 Å². The Kier molecular flexibility index (Phi) is 8.99. The maximum absolute atomic E-state index is 2.40. The van der Waals surface area contributed by atoms with Gasteiger partial charge in [0.1, 0.15) is 0 Å². The van der Waals surface area contributed by atoms with Crippen molar-refractivity contribution in [1.29, 1.82) is 0 Å². The highest BCUT2D eigenvalue weighted by Gasteiger charge is 1.95. The first-order valence-electron chi connectivity index (χ1n) is 6.48. The highest BCUT2D eigenvalue weighted by atomic mass is 14.0. The molecule has 0 bridgehead atoms. The lowest BCUT2D eigenvalue weighted by Gasteiger charge is -2.04. The van der Waals surface area contributed by atoms with Gasteiger partial charge in [0, 0.05) is 0 Å². The molecule has 0 aromatic heterocycles. The van der Waals surface area contributed by atoms with Gasteiger partial charge in [-0.1, -0.05) is 42.4 Å². The molecule has 0 saturated heterocycles. The van der Waals surface area contributed by atoms with Gasteiger partial charge in [0.05, 0.1) is 0 Å². The van der Waals surface area contributed by atoms with E-state index in [0.717, 1.165) is 0 Å². The molecular formula is C16H28. The Balaban J connectivity index is 3.74. The molecule has 0 rings (SSSR count). The molecule has 0 aromatic rings. The van der Waals surface area contributed by atoms with Crippen molar-refractivity contribution in [2.75, 3.05) is 0 Å². The van der Waals surface area contributed by atoms with Crippen LogP contribution in [-0.4, -0.2) is 0 Å². The summed E-state index contributed by atoms with van der Waals surface area (Å²) >= 11 is 0. The van der Waals surface area contributed by atoms with Crippen LogP contribution < -0.4 is 0 Å². The van der Waals surface area contributed by atoms with Crippen LogP contribution in [0, 0.1) is 5.92 Å². The van der Waals surface area contributed by atoms with E-state index in [4.69, 9.17) is 0 Å². The summed E-state index contributed by atoms with van der Waals surface area (Å²) < 4.78 is 0. The molecule has 0 radical (unpaired) electrons. The lowest BCUT2D eigenvalue weighted by molar-refractivity contribution is 0.654. The molecule has 1 atom stereocenters. The Morgan fingerprint density at radius 2 is 1.75 bits per heavy atom. The zero-order valence-corrected chi connectivity index (χ0v) is 11.7. The van der Waals surface area contributed by atoms with Crippen molar-refractivity contribution in [2.45, 2.75) is 60.3 Å². The van der Waals surface area contributed by atoms with E-state index in [1.54, 1.807) is 0 Å². The van der Waals surface area contributed by atoms with Crippen LogP contribution in [0.3, 0.4) is 0 Å². The van der Waals surface area contributed by atoms with Crippen LogP contribution in [0.5, 0.6) is 0 Å². The fraction of sp³-hybridized carbons (Fsp3) is 0.625. The molecule has 0 aliphatic rings. The van der Waals surface area contributed by atoms with Gasteiger partial charge in [-0.2, -0.15) is 0 Å². The molecule has 0 aliphatic heterocycles. The summed E-state index contributed by atoms with van der Waals surface area (Å²) in [5.41, 5.74) is 2.96. The Morgan fingerprint density at radius 3 is 2.31 bits per heavy atom. The zero-order chi connectivity index (χ0) is 12.4. The van der Waals surface area contributed by atoms with Crippen LogP contribution in [0.1, 0.15) is 60.3 Å². The van der Waals surface area contributed by atoms with Gasteiger partial charge in [-0.15, -0.1) is 0 Å². The Bertz CT molecular complexity index is 249. The lowest BCUT2D eigenvalue weighted by atomic mass is 10.0. The number of hydrogen-bond donors (Lipinski definition) is 0. The Labute approximate surface area is 102 Å². The number of rotatable bonds is 7. The average Bonchev–Trinajstić information content (AvgIpc) is 2.17. The summed E-state index contributed by atoms with van der Waals surface area (Å²) in [6.07, 6.45) is 14.0. The molecule has 16 heavy (non-hydrogen) atoms. The van der Waals surface area contributed by atoms with E-state index >= 15 is 0 Å². The van der Waals surface area contributed by atoms with Crippen LogP contribution in [-0.2, 0) is 0 Å². The van der Waals surface area contributed by atoms with Crippen LogP contribution in [0.25, 0.3) is 0 Å². The largest absolute Gasteiger partial charge is 0.0914 e. The first-order valence-corrected chi connectivity index (χ1v) is 6.48. The van der Waals surface area contributed by atoms with Crippen molar-refractivity contribution in [3.63, 3.8) is 0 Å². The van der Waals surface area contributed by atoms with Gasteiger partial charge < -0.3 is 0 Å². The van der Waals surface area contributed by atoms with Gasteiger partial charge in [0.2, 0.25) is 0 Å². The first kappa shape index (κ1) is 15.2. The van der Waals surface area contributed by atoms with Gasteiger partial charge in [-0.25, -0.2) is 0 Å². The first-order chi connectivity index (χ1) is 7.56. The summed E-state index contributed by atoms with van der Waals surface area (Å²) in [6.45, 7) is 11.0. The van der Waals surface area contributed by atoms with E-state index in [1.165, 1.54) is 36.8 Å². The number of hydrogen-bond acceptors (Lipinski definition) is 0. The highest BCUT2D eigenvalue weighted by molar-refractivity contribution is 5.02. The van der Waals surface area contributed by atoms with Crippen molar-refractivity contribution >= 4 is 0 Å². The van der Waals surface area contributed by atoms with Crippen LogP contribution in [0.2, 0.25) is 0 Å². The number of allylic oxidation sites excluding steroid dienone is 6. The van der Waals surface area contributed by atoms with E-state index in [2.05, 4.69) is 58.9 Å². The monoisotopic (exact) mass is 220 g/mol. The minimum absolute atomic E-state index is 0.715. The average molecular weight is 220 g/mol. The minimum atomic E-state index is 0.715. The minimum Gasteiger partial charge on any atom is -0.0914 e. The van der Waals surface area contributed by atoms with Crippen LogP contribution >= 0.6 is 0 Å². The quantitative estimate of drug-likeness (QED) is 0.485. The molecule has 0 N–H and O–H groups in total. The normalized spacial score (nSPS) is 14.2. The van der Waals surface area contributed by atoms with E-state index in [-0.39, 0.29) is 0 Å². The molecule has 0 aliphatic carbocycles. The SMILES string of the molecule is C/C=C/C(C)CC/C=C(\C)CCC=C(C)C. The summed E-state index contributed by atoms with van der Waals surface area (Å²) in [5, 5.41) is 0. The van der Waals surface area contributed by atoms with Gasteiger partial charge in [0.25, 0.3) is 0 Å². The smallest absolute Gasteiger partial charge is 0.0259 e. The van der Waals surface area contributed by atoms with Crippen molar-refractivity contribution in [1.82, 2.24) is 0 Å². The summed E-state index contributed by atoms with van der Waals surface area (Å²) in [4.78, 5) is 0. The van der Waals surface area contributed by atoms with Crippen molar-refractivity contribution in [2.24, 2.45) is 5.92 Å². The zero-order valence-electron chi connectivity index (χ0n) is 11.7. The molecule has 0 nitrogen and oxygen atoms in total. The highest BCUT2D eigenvalue weighted by Crippen LogP contribution is 2.12. The van der Waals surface area contributed by atoms with E-state index in [1.807, 2.05) is 0 Å². The van der Waals surface area contributed by atoms with E-state index < -0.39 is 0 Å². The molecule has 0 spiro atoms. The molecule has 0 heteroatoms. The molecule has 0 amide bonds. The second-order valence-electron chi connectivity index (χ2n) is 4.95. The molecular weight excluding hydrogens is 192 g/mol. The van der Waals surface area contributed by atoms with Crippen LogP contribution in [0.4, 0.5) is 0 Å². The second-order valence-corrected chi connectivity index (χ2v) is 4.95. The molecule has 0 aromatic carbocycles. The third kappa shape index (κ3) is 9.76. The maximum Gasteiger partial charge on any atom is -0.0259 e. The third-order valence-corrected chi connectivity index (χ3v) is 2.73. The Hall–Kier alpha value is -0.780. The lowest BCUT2D eigenvalue weighted by Crippen LogP contribution is -1.88. The summed E-state index contributed by atoms with van der Waals surface area (Å²) in [5.74, 6) is 0.715. The maximum atomic E-state index is 2.40. The summed E-state index contributed by atoms with van der Waals surface area (Å²) in [7, 11) is 0. The fourth-order valence-electron chi connectivity index (χ4n) is 1.71. The summed E-state index contributed by atoms with van der Waals surface area (Å²) in [6, 6.07) is 0. The van der Waals surface area contributed by atoms with E-state index in [9.17, 15) is 0 Å². The van der Waals surface area contributed by atoms with E-state index in [0.29, 0.717) is 5.92 Å². The molecule has 0 saturated carbocycles. The van der Waals surface area contributed by atoms with Crippen molar-refractivity contribution in [3.05, 3.63) is 35.5 Å². The molecule has 92 valence electrons. The van der Waals surface area contributed by atoms with Gasteiger partial charge in [0.15, 0.2) is 0 Å². The molecule has 0 heterocycles. The standard InChI is InChI=1S/C16H28/c1-6-9-15(4)12-8-13-16(5)11-7-10-14(2)3/h6,9-10,13,15H,7-8,11-12H2,1-5H3/b9-6+,16-13+. The fourth-order valence-corrected chi connectivity index (χ4v) is 1.71. The Morgan fingerprint density at radius 1 is 1.06 bits per heavy atom. The molecule has 0 fully saturated rings. The van der Waals surface area contributed by atoms with Crippen molar-refractivity contribution in [3.8, 4) is 0 Å². The van der Waals surface area contributed by atoms with Gasteiger partial charge >= 0.3 is 0 Å². The predicted molar refractivity (Wildman–Crippen MR) is 75.6 cm³/mol. The topological polar surface area (TPSA) is 0 Å². The predicted octanol–water partition coefficient (Wildman–Crippen LogP) is 5.67. The second kappa shape index (κ2) is 9.45. The molecule has 1 unspecified atom stereocenters.